The lowest BCUT2D eigenvalue weighted by molar-refractivity contribution is 0.278. The Hall–Kier alpha value is -1.11. The minimum absolute atomic E-state index is 0.365. The number of ether oxygens (including phenoxy) is 2. The molecule has 0 aliphatic carbocycles. The number of hydrogen-bond acceptors (Lipinski definition) is 4. The van der Waals surface area contributed by atoms with Crippen molar-refractivity contribution in [3.63, 3.8) is 0 Å². The van der Waals surface area contributed by atoms with Crippen molar-refractivity contribution in [2.24, 2.45) is 5.73 Å². The molecule has 6 heteroatoms. The van der Waals surface area contributed by atoms with Crippen LogP contribution in [0.1, 0.15) is 11.3 Å². The van der Waals surface area contributed by atoms with Crippen LogP contribution >= 0.6 is 31.9 Å². The molecule has 1 aromatic heterocycles. The van der Waals surface area contributed by atoms with E-state index in [0.29, 0.717) is 24.7 Å². The van der Waals surface area contributed by atoms with E-state index in [4.69, 9.17) is 15.2 Å². The van der Waals surface area contributed by atoms with Crippen LogP contribution < -0.4 is 15.2 Å². The van der Waals surface area contributed by atoms with E-state index in [0.717, 1.165) is 20.2 Å². The minimum Gasteiger partial charge on any atom is -0.493 e. The zero-order valence-corrected chi connectivity index (χ0v) is 14.1. The van der Waals surface area contributed by atoms with Crippen molar-refractivity contribution in [3.8, 4) is 11.5 Å². The first kappa shape index (κ1) is 15.3. The van der Waals surface area contributed by atoms with Crippen LogP contribution in [0.5, 0.6) is 11.5 Å². The molecule has 0 atom stereocenters. The summed E-state index contributed by atoms with van der Waals surface area (Å²) in [5.74, 6) is 1.30. The molecule has 20 heavy (non-hydrogen) atoms. The van der Waals surface area contributed by atoms with Gasteiger partial charge in [0, 0.05) is 17.2 Å². The maximum Gasteiger partial charge on any atom is 0.175 e. The Bertz CT molecular complexity index is 588. The van der Waals surface area contributed by atoms with E-state index in [1.165, 1.54) is 0 Å². The van der Waals surface area contributed by atoms with Gasteiger partial charge in [0.15, 0.2) is 11.5 Å². The molecule has 2 rings (SSSR count). The zero-order valence-electron chi connectivity index (χ0n) is 10.9. The van der Waals surface area contributed by atoms with E-state index in [1.807, 2.05) is 24.3 Å². The zero-order chi connectivity index (χ0) is 14.5. The molecule has 0 spiro atoms. The Kier molecular flexibility index (Phi) is 5.39. The summed E-state index contributed by atoms with van der Waals surface area (Å²) in [7, 11) is 1.60. The fourth-order valence-corrected chi connectivity index (χ4v) is 2.51. The van der Waals surface area contributed by atoms with Gasteiger partial charge in [-0.15, -0.1) is 0 Å². The van der Waals surface area contributed by atoms with Gasteiger partial charge in [0.2, 0.25) is 0 Å². The normalized spacial score (nSPS) is 10.4. The third kappa shape index (κ3) is 3.71. The summed E-state index contributed by atoms with van der Waals surface area (Å²) >= 11 is 6.83. The van der Waals surface area contributed by atoms with Gasteiger partial charge < -0.3 is 15.2 Å². The third-order valence-electron chi connectivity index (χ3n) is 2.68. The van der Waals surface area contributed by atoms with Crippen LogP contribution in [0.15, 0.2) is 39.4 Å². The summed E-state index contributed by atoms with van der Waals surface area (Å²) in [6.45, 7) is 0.813. The molecule has 4 nitrogen and oxygen atoms in total. The predicted octanol–water partition coefficient (Wildman–Crippen LogP) is 3.65. The van der Waals surface area contributed by atoms with Crippen molar-refractivity contribution in [2.75, 3.05) is 7.11 Å². The van der Waals surface area contributed by atoms with Gasteiger partial charge in [0.1, 0.15) is 6.61 Å². The van der Waals surface area contributed by atoms with Gasteiger partial charge in [-0.1, -0.05) is 0 Å². The molecule has 106 valence electrons. The van der Waals surface area contributed by atoms with E-state index in [1.54, 1.807) is 13.3 Å². The number of nitrogens with zero attached hydrogens (tertiary/aromatic N) is 1. The molecule has 2 aromatic rings. The first-order chi connectivity index (χ1) is 9.63. The summed E-state index contributed by atoms with van der Waals surface area (Å²) in [5.41, 5.74) is 7.45. The maximum absolute atomic E-state index is 5.79. The molecule has 0 aliphatic rings. The van der Waals surface area contributed by atoms with Crippen LogP contribution in [-0.4, -0.2) is 12.1 Å². The van der Waals surface area contributed by atoms with Crippen molar-refractivity contribution in [3.05, 3.63) is 50.7 Å². The topological polar surface area (TPSA) is 57.4 Å². The molecule has 2 N–H and O–H groups in total. The Morgan fingerprint density at radius 3 is 2.65 bits per heavy atom. The van der Waals surface area contributed by atoms with Crippen LogP contribution in [0.4, 0.5) is 0 Å². The van der Waals surface area contributed by atoms with Gasteiger partial charge in [0.25, 0.3) is 0 Å². The fourth-order valence-electron chi connectivity index (χ4n) is 1.67. The Morgan fingerprint density at radius 2 is 2.05 bits per heavy atom. The highest BCUT2D eigenvalue weighted by atomic mass is 79.9. The Balaban J connectivity index is 2.18. The largest absolute Gasteiger partial charge is 0.493 e. The minimum atomic E-state index is 0.365. The average Bonchev–Trinajstić information content (AvgIpc) is 2.47. The van der Waals surface area contributed by atoms with Crippen LogP contribution in [-0.2, 0) is 13.2 Å². The quantitative estimate of drug-likeness (QED) is 0.830. The molecule has 0 radical (unpaired) electrons. The number of pyridine rings is 1. The number of methoxy groups -OCH3 is 1. The summed E-state index contributed by atoms with van der Waals surface area (Å²) in [6, 6.07) is 7.62. The van der Waals surface area contributed by atoms with Crippen LogP contribution in [0.2, 0.25) is 0 Å². The second kappa shape index (κ2) is 7.06. The second-order valence-electron chi connectivity index (χ2n) is 4.07. The van der Waals surface area contributed by atoms with E-state index < -0.39 is 0 Å². The van der Waals surface area contributed by atoms with Crippen molar-refractivity contribution >= 4 is 31.9 Å². The van der Waals surface area contributed by atoms with Crippen molar-refractivity contribution in [1.82, 2.24) is 4.98 Å². The Labute approximate surface area is 134 Å². The molecular weight excluding hydrogens is 388 g/mol. The summed E-state index contributed by atoms with van der Waals surface area (Å²) < 4.78 is 12.9. The van der Waals surface area contributed by atoms with Gasteiger partial charge in [0.05, 0.1) is 17.3 Å². The van der Waals surface area contributed by atoms with Gasteiger partial charge in [-0.3, -0.25) is 4.98 Å². The molecule has 1 heterocycles. The molecule has 0 saturated heterocycles. The van der Waals surface area contributed by atoms with Crippen molar-refractivity contribution in [2.45, 2.75) is 13.2 Å². The molecule has 0 unspecified atom stereocenters. The molecular formula is C14H14Br2N2O2. The predicted molar refractivity (Wildman–Crippen MR) is 84.9 cm³/mol. The molecule has 0 saturated carbocycles. The molecule has 0 fully saturated rings. The number of rotatable bonds is 5. The third-order valence-corrected chi connectivity index (χ3v) is 3.74. The lowest BCUT2D eigenvalue weighted by Crippen LogP contribution is -2.02. The number of hydrogen-bond donors (Lipinski definition) is 1. The van der Waals surface area contributed by atoms with Crippen molar-refractivity contribution < 1.29 is 9.47 Å². The fraction of sp³-hybridized carbons (Fsp3) is 0.214. The monoisotopic (exact) mass is 400 g/mol. The Morgan fingerprint density at radius 1 is 1.25 bits per heavy atom. The molecule has 0 aliphatic heterocycles. The molecule has 1 aromatic carbocycles. The standard InChI is InChI=1S/C14H14Br2N2O2/c1-19-13-5-9(6-17)4-12(16)14(13)20-8-11-3-2-10(15)7-18-11/h2-5,7H,6,8,17H2,1H3. The number of aromatic nitrogens is 1. The van der Waals surface area contributed by atoms with Gasteiger partial charge >= 0.3 is 0 Å². The summed E-state index contributed by atoms with van der Waals surface area (Å²) in [5, 5.41) is 0. The van der Waals surface area contributed by atoms with E-state index in [-0.39, 0.29) is 0 Å². The van der Waals surface area contributed by atoms with Crippen LogP contribution in [0.25, 0.3) is 0 Å². The average molecular weight is 402 g/mol. The number of benzene rings is 1. The van der Waals surface area contributed by atoms with E-state index in [9.17, 15) is 0 Å². The smallest absolute Gasteiger partial charge is 0.175 e. The van der Waals surface area contributed by atoms with Gasteiger partial charge in [-0.25, -0.2) is 0 Å². The highest BCUT2D eigenvalue weighted by Gasteiger charge is 2.11. The number of nitrogens with two attached hydrogens (primary N) is 1. The van der Waals surface area contributed by atoms with E-state index in [2.05, 4.69) is 36.8 Å². The SMILES string of the molecule is COc1cc(CN)cc(Br)c1OCc1ccc(Br)cn1. The van der Waals surface area contributed by atoms with Gasteiger partial charge in [-0.2, -0.15) is 0 Å². The molecule has 0 amide bonds. The highest BCUT2D eigenvalue weighted by Crippen LogP contribution is 2.37. The maximum atomic E-state index is 5.79. The first-order valence-electron chi connectivity index (χ1n) is 5.93. The van der Waals surface area contributed by atoms with Crippen LogP contribution in [0, 0.1) is 0 Å². The molecule has 0 bridgehead atoms. The van der Waals surface area contributed by atoms with Crippen LogP contribution in [0.3, 0.4) is 0 Å². The van der Waals surface area contributed by atoms with E-state index >= 15 is 0 Å². The van der Waals surface area contributed by atoms with Gasteiger partial charge in [-0.05, 0) is 61.7 Å². The summed E-state index contributed by atoms with van der Waals surface area (Å²) in [6.07, 6.45) is 1.74. The first-order valence-corrected chi connectivity index (χ1v) is 7.52. The second-order valence-corrected chi connectivity index (χ2v) is 5.84. The van der Waals surface area contributed by atoms with Crippen molar-refractivity contribution in [1.29, 1.82) is 0 Å². The summed E-state index contributed by atoms with van der Waals surface area (Å²) in [4.78, 5) is 4.26. The number of halogens is 2. The lowest BCUT2D eigenvalue weighted by atomic mass is 10.2. The highest BCUT2D eigenvalue weighted by molar-refractivity contribution is 9.10. The lowest BCUT2D eigenvalue weighted by Gasteiger charge is -2.13.